The Kier molecular flexibility index (Phi) is 4.83. The molecule has 0 fully saturated rings. The molecule has 0 saturated heterocycles. The highest BCUT2D eigenvalue weighted by molar-refractivity contribution is 6.33. The van der Waals surface area contributed by atoms with Gasteiger partial charge in [0, 0.05) is 27.2 Å². The van der Waals surface area contributed by atoms with Gasteiger partial charge in [-0.2, -0.15) is 18.3 Å². The van der Waals surface area contributed by atoms with Crippen molar-refractivity contribution in [3.8, 4) is 0 Å². The van der Waals surface area contributed by atoms with Gasteiger partial charge in [-0.25, -0.2) is 0 Å². The van der Waals surface area contributed by atoms with Crippen molar-refractivity contribution < 1.29 is 13.2 Å². The first-order valence-electron chi connectivity index (χ1n) is 7.05. The summed E-state index contributed by atoms with van der Waals surface area (Å²) >= 11 is 11.9. The van der Waals surface area contributed by atoms with Crippen LogP contribution in [0.15, 0.2) is 53.8 Å². The third kappa shape index (κ3) is 3.86. The molecule has 1 heterocycles. The number of alkyl halides is 3. The van der Waals surface area contributed by atoms with Crippen LogP contribution in [0.25, 0.3) is 10.9 Å². The average Bonchev–Trinajstić information content (AvgIpc) is 2.55. The van der Waals surface area contributed by atoms with Gasteiger partial charge >= 0.3 is 6.18 Å². The van der Waals surface area contributed by atoms with Crippen LogP contribution >= 0.6 is 23.2 Å². The molecular formula is C17H10Cl2F3N3. The molecule has 25 heavy (non-hydrogen) atoms. The fourth-order valence-corrected chi connectivity index (χ4v) is 2.69. The van der Waals surface area contributed by atoms with E-state index in [0.717, 1.165) is 6.07 Å². The monoisotopic (exact) mass is 383 g/mol. The van der Waals surface area contributed by atoms with Crippen LogP contribution < -0.4 is 5.43 Å². The van der Waals surface area contributed by atoms with E-state index in [1.54, 1.807) is 24.3 Å². The number of fused-ring (bicyclic) bond motifs is 1. The standard InChI is InChI=1S/C17H10Cl2F3N3/c18-11-7-12-15(25-24-9-10-3-1-2-4-14(10)19)5-6-23-16(12)13(8-11)17(20,21)22/h1-9H,(H,23,25)/b24-9+. The molecule has 3 aromatic rings. The lowest BCUT2D eigenvalue weighted by atomic mass is 10.1. The number of hydrazone groups is 1. The van der Waals surface area contributed by atoms with Gasteiger partial charge in [-0.15, -0.1) is 0 Å². The smallest absolute Gasteiger partial charge is 0.278 e. The van der Waals surface area contributed by atoms with Crippen molar-refractivity contribution in [2.45, 2.75) is 6.18 Å². The number of benzene rings is 2. The molecule has 128 valence electrons. The molecule has 0 aliphatic heterocycles. The molecule has 0 bridgehead atoms. The van der Waals surface area contributed by atoms with Gasteiger partial charge in [0.05, 0.1) is 23.0 Å². The second kappa shape index (κ2) is 6.90. The van der Waals surface area contributed by atoms with Gasteiger partial charge in [-0.05, 0) is 24.3 Å². The van der Waals surface area contributed by atoms with Crippen LogP contribution in [-0.4, -0.2) is 11.2 Å². The molecule has 0 aliphatic rings. The molecule has 8 heteroatoms. The van der Waals surface area contributed by atoms with Crippen molar-refractivity contribution >= 4 is 46.0 Å². The summed E-state index contributed by atoms with van der Waals surface area (Å²) in [6.45, 7) is 0. The van der Waals surface area contributed by atoms with Crippen molar-refractivity contribution in [1.29, 1.82) is 0 Å². The van der Waals surface area contributed by atoms with E-state index in [9.17, 15) is 13.2 Å². The summed E-state index contributed by atoms with van der Waals surface area (Å²) in [5.41, 5.74) is 2.64. The topological polar surface area (TPSA) is 37.3 Å². The number of anilines is 1. The number of rotatable bonds is 3. The summed E-state index contributed by atoms with van der Waals surface area (Å²) in [4.78, 5) is 3.84. The lowest BCUT2D eigenvalue weighted by molar-refractivity contribution is -0.136. The Balaban J connectivity index is 2.00. The van der Waals surface area contributed by atoms with E-state index >= 15 is 0 Å². The van der Waals surface area contributed by atoms with E-state index in [0.29, 0.717) is 16.3 Å². The average molecular weight is 384 g/mol. The van der Waals surface area contributed by atoms with Crippen molar-refractivity contribution in [3.63, 3.8) is 0 Å². The largest absolute Gasteiger partial charge is 0.418 e. The molecule has 0 spiro atoms. The van der Waals surface area contributed by atoms with Crippen molar-refractivity contribution in [1.82, 2.24) is 4.98 Å². The van der Waals surface area contributed by atoms with E-state index < -0.39 is 11.7 Å². The van der Waals surface area contributed by atoms with Crippen LogP contribution in [0.4, 0.5) is 18.9 Å². The second-order valence-corrected chi connectivity index (χ2v) is 5.94. The molecular weight excluding hydrogens is 374 g/mol. The van der Waals surface area contributed by atoms with Gasteiger partial charge in [0.2, 0.25) is 0 Å². The number of hydrogen-bond donors (Lipinski definition) is 1. The van der Waals surface area contributed by atoms with E-state index in [1.807, 2.05) is 0 Å². The molecule has 1 aromatic heterocycles. The number of pyridine rings is 1. The predicted molar refractivity (Wildman–Crippen MR) is 94.4 cm³/mol. The Bertz CT molecular complexity index is 956. The molecule has 3 rings (SSSR count). The van der Waals surface area contributed by atoms with Crippen LogP contribution in [-0.2, 0) is 6.18 Å². The van der Waals surface area contributed by atoms with Gasteiger partial charge in [-0.3, -0.25) is 10.4 Å². The molecule has 0 amide bonds. The zero-order valence-corrected chi connectivity index (χ0v) is 14.0. The Morgan fingerprint density at radius 1 is 1.08 bits per heavy atom. The molecule has 0 saturated carbocycles. The maximum Gasteiger partial charge on any atom is 0.418 e. The maximum atomic E-state index is 13.2. The Morgan fingerprint density at radius 3 is 2.56 bits per heavy atom. The lowest BCUT2D eigenvalue weighted by Gasteiger charge is -2.12. The highest BCUT2D eigenvalue weighted by Gasteiger charge is 2.34. The number of nitrogens with zero attached hydrogens (tertiary/aromatic N) is 2. The fraction of sp³-hybridized carbons (Fsp3) is 0.0588. The first kappa shape index (κ1) is 17.5. The number of hydrogen-bond acceptors (Lipinski definition) is 3. The van der Waals surface area contributed by atoms with Crippen LogP contribution in [0, 0.1) is 0 Å². The summed E-state index contributed by atoms with van der Waals surface area (Å²) in [5, 5.41) is 4.73. The molecule has 0 unspecified atom stereocenters. The predicted octanol–water partition coefficient (Wildman–Crippen LogP) is 6.01. The molecule has 0 atom stereocenters. The molecule has 0 aliphatic carbocycles. The lowest BCUT2D eigenvalue weighted by Crippen LogP contribution is -2.07. The van der Waals surface area contributed by atoms with Crippen LogP contribution in [0.1, 0.15) is 11.1 Å². The number of nitrogens with one attached hydrogen (secondary N) is 1. The summed E-state index contributed by atoms with van der Waals surface area (Å²) in [6.07, 6.45) is -1.81. The summed E-state index contributed by atoms with van der Waals surface area (Å²) < 4.78 is 39.6. The van der Waals surface area contributed by atoms with Gasteiger partial charge in [-0.1, -0.05) is 41.4 Å². The quantitative estimate of drug-likeness (QED) is 0.444. The van der Waals surface area contributed by atoms with E-state index in [-0.39, 0.29) is 15.9 Å². The minimum Gasteiger partial charge on any atom is -0.278 e. The van der Waals surface area contributed by atoms with Gasteiger partial charge < -0.3 is 0 Å². The molecule has 1 N–H and O–H groups in total. The first-order chi connectivity index (χ1) is 11.9. The van der Waals surface area contributed by atoms with Crippen LogP contribution in [0.3, 0.4) is 0 Å². The highest BCUT2D eigenvalue weighted by atomic mass is 35.5. The minimum absolute atomic E-state index is 0.0361. The fourth-order valence-electron chi connectivity index (χ4n) is 2.28. The van der Waals surface area contributed by atoms with Crippen molar-refractivity contribution in [2.75, 3.05) is 5.43 Å². The SMILES string of the molecule is FC(F)(F)c1cc(Cl)cc2c(N/N=C/c3ccccc3Cl)ccnc12. The zero-order valence-electron chi connectivity index (χ0n) is 12.5. The molecule has 3 nitrogen and oxygen atoms in total. The highest BCUT2D eigenvalue weighted by Crippen LogP contribution is 2.37. The Labute approximate surface area is 151 Å². The maximum absolute atomic E-state index is 13.2. The van der Waals surface area contributed by atoms with E-state index in [1.165, 1.54) is 24.5 Å². The van der Waals surface area contributed by atoms with Crippen LogP contribution in [0.2, 0.25) is 10.0 Å². The Hall–Kier alpha value is -2.31. The van der Waals surface area contributed by atoms with Gasteiger partial charge in [0.15, 0.2) is 0 Å². The van der Waals surface area contributed by atoms with E-state index in [4.69, 9.17) is 23.2 Å². The zero-order chi connectivity index (χ0) is 18.0. The third-order valence-corrected chi connectivity index (χ3v) is 3.97. The van der Waals surface area contributed by atoms with Crippen LogP contribution in [0.5, 0.6) is 0 Å². The summed E-state index contributed by atoms with van der Waals surface area (Å²) in [7, 11) is 0. The van der Waals surface area contributed by atoms with Gasteiger partial charge in [0.25, 0.3) is 0 Å². The van der Waals surface area contributed by atoms with Crippen molar-refractivity contribution in [2.24, 2.45) is 5.10 Å². The molecule has 2 aromatic carbocycles. The third-order valence-electron chi connectivity index (χ3n) is 3.41. The van der Waals surface area contributed by atoms with Gasteiger partial charge in [0.1, 0.15) is 0 Å². The normalized spacial score (nSPS) is 12.0. The number of aromatic nitrogens is 1. The summed E-state index contributed by atoms with van der Waals surface area (Å²) in [5.74, 6) is 0. The van der Waals surface area contributed by atoms with E-state index in [2.05, 4.69) is 15.5 Å². The number of halogens is 5. The first-order valence-corrected chi connectivity index (χ1v) is 7.81. The minimum atomic E-state index is -4.56. The second-order valence-electron chi connectivity index (χ2n) is 5.10. The Morgan fingerprint density at radius 2 is 1.84 bits per heavy atom. The summed E-state index contributed by atoms with van der Waals surface area (Å²) in [6, 6.07) is 10.8. The van der Waals surface area contributed by atoms with Crippen molar-refractivity contribution in [3.05, 3.63) is 69.8 Å². The molecule has 0 radical (unpaired) electrons.